The van der Waals surface area contributed by atoms with E-state index < -0.39 is 34.0 Å². The Labute approximate surface area is 155 Å². The van der Waals surface area contributed by atoms with E-state index >= 15 is 0 Å². The molecule has 7 nitrogen and oxygen atoms in total. The van der Waals surface area contributed by atoms with E-state index in [2.05, 4.69) is 5.32 Å². The number of hydrogen-bond acceptors (Lipinski definition) is 5. The average molecular weight is 391 g/mol. The number of hydrogen-bond donors (Lipinski definition) is 1. The molecule has 1 N–H and O–H groups in total. The van der Waals surface area contributed by atoms with Gasteiger partial charge in [0.15, 0.2) is 0 Å². The monoisotopic (exact) mass is 391 g/mol. The van der Waals surface area contributed by atoms with E-state index in [-0.39, 0.29) is 23.8 Å². The molecule has 0 unspecified atom stereocenters. The van der Waals surface area contributed by atoms with Crippen LogP contribution in [-0.4, -0.2) is 30.2 Å². The second-order valence-electron chi connectivity index (χ2n) is 7.54. The largest absolute Gasteiger partial charge is 0.444 e. The molecule has 0 spiro atoms. The van der Waals surface area contributed by atoms with Crippen molar-refractivity contribution in [3.8, 4) is 0 Å². The molecule has 0 aliphatic rings. The number of alkyl halides is 3. The number of carbonyl (C=O) groups is 1. The first kappa shape index (κ1) is 22.5. The first-order chi connectivity index (χ1) is 12.1. The third kappa shape index (κ3) is 6.61. The van der Waals surface area contributed by atoms with Crippen LogP contribution in [0.4, 0.5) is 35.0 Å². The molecule has 0 aliphatic heterocycles. The summed E-state index contributed by atoms with van der Waals surface area (Å²) in [5.41, 5.74) is -3.52. The lowest BCUT2D eigenvalue weighted by atomic mass is 10.1. The van der Waals surface area contributed by atoms with Crippen LogP contribution in [0.15, 0.2) is 12.1 Å². The normalized spacial score (nSPS) is 12.1. The molecule has 1 amide bonds. The highest BCUT2D eigenvalue weighted by molar-refractivity contribution is 5.90. The molecule has 0 fully saturated rings. The minimum Gasteiger partial charge on any atom is -0.444 e. The van der Waals surface area contributed by atoms with Crippen LogP contribution < -0.4 is 10.2 Å². The van der Waals surface area contributed by atoms with Crippen LogP contribution in [0.25, 0.3) is 0 Å². The van der Waals surface area contributed by atoms with Crippen LogP contribution in [0, 0.1) is 16.0 Å². The Morgan fingerprint density at radius 2 is 1.85 bits per heavy atom. The highest BCUT2D eigenvalue weighted by Crippen LogP contribution is 2.42. The lowest BCUT2D eigenvalue weighted by Crippen LogP contribution is -2.28. The number of halogens is 3. The van der Waals surface area contributed by atoms with Gasteiger partial charge in [-0.2, -0.15) is 13.2 Å². The van der Waals surface area contributed by atoms with Crippen molar-refractivity contribution in [2.75, 3.05) is 23.8 Å². The number of amides is 1. The Balaban J connectivity index is 3.48. The molecule has 1 rings (SSSR count). The highest BCUT2D eigenvalue weighted by Gasteiger charge is 2.38. The van der Waals surface area contributed by atoms with Crippen LogP contribution in [-0.2, 0) is 10.9 Å². The zero-order chi connectivity index (χ0) is 21.2. The van der Waals surface area contributed by atoms with Gasteiger partial charge in [-0.05, 0) is 32.8 Å². The topological polar surface area (TPSA) is 84.7 Å². The number of benzene rings is 1. The van der Waals surface area contributed by atoms with Crippen molar-refractivity contribution in [1.29, 1.82) is 0 Å². The third-order valence-electron chi connectivity index (χ3n) is 3.30. The Bertz CT molecular complexity index is 713. The van der Waals surface area contributed by atoms with Gasteiger partial charge in [0.2, 0.25) is 0 Å². The van der Waals surface area contributed by atoms with E-state index in [1.807, 2.05) is 13.8 Å². The van der Waals surface area contributed by atoms with Crippen molar-refractivity contribution < 1.29 is 27.6 Å². The van der Waals surface area contributed by atoms with Gasteiger partial charge in [-0.25, -0.2) is 4.79 Å². The van der Waals surface area contributed by atoms with Crippen LogP contribution in [0.2, 0.25) is 0 Å². The smallest absolute Gasteiger partial charge is 0.418 e. The number of anilines is 2. The first-order valence-corrected chi connectivity index (χ1v) is 8.22. The van der Waals surface area contributed by atoms with Crippen LogP contribution in [0.3, 0.4) is 0 Å². The summed E-state index contributed by atoms with van der Waals surface area (Å²) in [5, 5.41) is 13.4. The van der Waals surface area contributed by atoms with Crippen molar-refractivity contribution >= 4 is 23.2 Å². The Morgan fingerprint density at radius 3 is 2.26 bits per heavy atom. The Kier molecular flexibility index (Phi) is 6.68. The van der Waals surface area contributed by atoms with Crippen molar-refractivity contribution in [1.82, 2.24) is 0 Å². The fourth-order valence-electron chi connectivity index (χ4n) is 2.43. The fraction of sp³-hybridized carbons (Fsp3) is 0.588. The lowest BCUT2D eigenvalue weighted by molar-refractivity contribution is -0.384. The number of nitro groups is 1. The van der Waals surface area contributed by atoms with E-state index in [0.29, 0.717) is 6.07 Å². The lowest BCUT2D eigenvalue weighted by Gasteiger charge is -2.26. The molecule has 0 bridgehead atoms. The standard InChI is InChI=1S/C17H24F3N3O4/c1-10(2)9-22(6)13-8-12(21-15(24)27-16(3,4)5)14(23(25)26)7-11(13)17(18,19)20/h7-8,10H,9H2,1-6H3,(H,21,24). The number of ether oxygens (including phenoxy) is 1. The minimum atomic E-state index is -4.80. The maximum atomic E-state index is 13.4. The summed E-state index contributed by atoms with van der Waals surface area (Å²) in [7, 11) is 1.45. The van der Waals surface area contributed by atoms with Crippen LogP contribution in [0.5, 0.6) is 0 Å². The van der Waals surface area contributed by atoms with E-state index in [0.717, 1.165) is 6.07 Å². The van der Waals surface area contributed by atoms with E-state index in [4.69, 9.17) is 4.74 Å². The van der Waals surface area contributed by atoms with Crippen molar-refractivity contribution in [2.45, 2.75) is 46.4 Å². The second-order valence-corrected chi connectivity index (χ2v) is 7.54. The summed E-state index contributed by atoms with van der Waals surface area (Å²) in [6.45, 7) is 8.72. The maximum absolute atomic E-state index is 13.4. The molecule has 1 aromatic rings. The zero-order valence-corrected chi connectivity index (χ0v) is 16.1. The summed E-state index contributed by atoms with van der Waals surface area (Å²) in [4.78, 5) is 23.6. The average Bonchev–Trinajstić information content (AvgIpc) is 2.42. The molecule has 27 heavy (non-hydrogen) atoms. The Morgan fingerprint density at radius 1 is 1.30 bits per heavy atom. The fourth-order valence-corrected chi connectivity index (χ4v) is 2.43. The van der Waals surface area contributed by atoms with E-state index in [1.54, 1.807) is 20.8 Å². The molecular formula is C17H24F3N3O4. The molecule has 10 heteroatoms. The quantitative estimate of drug-likeness (QED) is 0.561. The van der Waals surface area contributed by atoms with Crippen molar-refractivity contribution in [3.63, 3.8) is 0 Å². The molecule has 0 atom stereocenters. The van der Waals surface area contributed by atoms with E-state index in [1.165, 1.54) is 11.9 Å². The molecule has 0 saturated carbocycles. The Hall–Kier alpha value is -2.52. The van der Waals surface area contributed by atoms with Gasteiger partial charge in [0, 0.05) is 19.7 Å². The molecule has 152 valence electrons. The highest BCUT2D eigenvalue weighted by atomic mass is 19.4. The molecule has 0 heterocycles. The number of carbonyl (C=O) groups excluding carboxylic acids is 1. The zero-order valence-electron chi connectivity index (χ0n) is 16.1. The van der Waals surface area contributed by atoms with Gasteiger partial charge in [0.25, 0.3) is 5.69 Å². The van der Waals surface area contributed by atoms with Crippen molar-refractivity contribution in [3.05, 3.63) is 27.8 Å². The number of nitrogens with one attached hydrogen (secondary N) is 1. The van der Waals surface area contributed by atoms with Gasteiger partial charge in [-0.15, -0.1) is 0 Å². The summed E-state index contributed by atoms with van der Waals surface area (Å²) >= 11 is 0. The van der Waals surface area contributed by atoms with Gasteiger partial charge >= 0.3 is 12.3 Å². The van der Waals surface area contributed by atoms with Crippen LogP contribution >= 0.6 is 0 Å². The van der Waals surface area contributed by atoms with Gasteiger partial charge in [0.1, 0.15) is 11.3 Å². The summed E-state index contributed by atoms with van der Waals surface area (Å²) in [5.74, 6) is 0.0496. The summed E-state index contributed by atoms with van der Waals surface area (Å²) in [6.07, 6.45) is -5.79. The predicted molar refractivity (Wildman–Crippen MR) is 96.1 cm³/mol. The number of rotatable bonds is 5. The van der Waals surface area contributed by atoms with Gasteiger partial charge in [0.05, 0.1) is 16.2 Å². The molecule has 1 aromatic carbocycles. The molecule has 0 aromatic heterocycles. The molecule has 0 aliphatic carbocycles. The summed E-state index contributed by atoms with van der Waals surface area (Å²) < 4.78 is 45.4. The summed E-state index contributed by atoms with van der Waals surface area (Å²) in [6, 6.07) is 1.38. The molecular weight excluding hydrogens is 367 g/mol. The minimum absolute atomic E-state index is 0.0496. The van der Waals surface area contributed by atoms with Crippen LogP contribution in [0.1, 0.15) is 40.2 Å². The predicted octanol–water partition coefficient (Wildman–Crippen LogP) is 5.05. The molecule has 0 radical (unpaired) electrons. The third-order valence-corrected chi connectivity index (χ3v) is 3.30. The first-order valence-electron chi connectivity index (χ1n) is 8.22. The van der Waals surface area contributed by atoms with E-state index in [9.17, 15) is 28.1 Å². The maximum Gasteiger partial charge on any atom is 0.418 e. The molecule has 0 saturated heterocycles. The second kappa shape index (κ2) is 8.01. The number of nitro benzene ring substituents is 1. The SMILES string of the molecule is CC(C)CN(C)c1cc(NC(=O)OC(C)(C)C)c([N+](=O)[O-])cc1C(F)(F)F. The number of nitrogens with zero attached hydrogens (tertiary/aromatic N) is 2. The van der Waals surface area contributed by atoms with Gasteiger partial charge in [-0.1, -0.05) is 13.8 Å². The van der Waals surface area contributed by atoms with Gasteiger partial charge < -0.3 is 9.64 Å². The van der Waals surface area contributed by atoms with Crippen molar-refractivity contribution in [2.24, 2.45) is 5.92 Å². The van der Waals surface area contributed by atoms with Gasteiger partial charge in [-0.3, -0.25) is 15.4 Å².